The van der Waals surface area contributed by atoms with Crippen LogP contribution in [0.5, 0.6) is 0 Å². The summed E-state index contributed by atoms with van der Waals surface area (Å²) in [5.74, 6) is -0.918. The van der Waals surface area contributed by atoms with Gasteiger partial charge in [-0.05, 0) is 12.5 Å². The Morgan fingerprint density at radius 3 is 2.72 bits per heavy atom. The van der Waals surface area contributed by atoms with E-state index in [4.69, 9.17) is 18.9 Å². The Morgan fingerprint density at radius 2 is 2.04 bits per heavy atom. The molecule has 2 aliphatic heterocycles. The molecule has 0 aliphatic carbocycles. The molecule has 0 unspecified atom stereocenters. The van der Waals surface area contributed by atoms with Crippen molar-refractivity contribution >= 4 is 5.97 Å². The highest BCUT2D eigenvalue weighted by molar-refractivity contribution is 5.75. The van der Waals surface area contributed by atoms with Crippen LogP contribution in [-0.4, -0.2) is 37.7 Å². The normalized spacial score (nSPS) is 35.9. The molecule has 2 aliphatic rings. The van der Waals surface area contributed by atoms with Crippen molar-refractivity contribution in [3.05, 3.63) is 35.9 Å². The van der Waals surface area contributed by atoms with Crippen LogP contribution in [0.25, 0.3) is 0 Å². The van der Waals surface area contributed by atoms with Crippen molar-refractivity contribution in [2.45, 2.75) is 51.8 Å². The van der Waals surface area contributed by atoms with Gasteiger partial charge in [0.05, 0.1) is 25.2 Å². The van der Waals surface area contributed by atoms with Crippen molar-refractivity contribution < 1.29 is 23.7 Å². The molecule has 0 aromatic heterocycles. The van der Waals surface area contributed by atoms with Gasteiger partial charge in [-0.25, -0.2) is 0 Å². The van der Waals surface area contributed by atoms with E-state index in [1.165, 1.54) is 0 Å². The highest BCUT2D eigenvalue weighted by Crippen LogP contribution is 2.44. The molecular weight excluding hydrogens is 320 g/mol. The van der Waals surface area contributed by atoms with Crippen LogP contribution in [-0.2, 0) is 30.3 Å². The first-order valence-corrected chi connectivity index (χ1v) is 8.98. The predicted molar refractivity (Wildman–Crippen MR) is 92.7 cm³/mol. The summed E-state index contributed by atoms with van der Waals surface area (Å²) >= 11 is 0. The Bertz CT molecular complexity index is 589. The van der Waals surface area contributed by atoms with Crippen LogP contribution >= 0.6 is 0 Å². The van der Waals surface area contributed by atoms with E-state index in [1.54, 1.807) is 7.11 Å². The lowest BCUT2D eigenvalue weighted by Gasteiger charge is -2.39. The van der Waals surface area contributed by atoms with Gasteiger partial charge < -0.3 is 18.9 Å². The SMILES string of the molecule is CO[C@]1(C)C[C@H]2C(=O)O[C@@H]([C@H](C)COCc3ccccc3)[C@H](C)[C@H]2O1. The van der Waals surface area contributed by atoms with Crippen molar-refractivity contribution in [3.8, 4) is 0 Å². The molecule has 138 valence electrons. The molecule has 2 fully saturated rings. The van der Waals surface area contributed by atoms with Crippen LogP contribution in [0.2, 0.25) is 0 Å². The number of hydrogen-bond donors (Lipinski definition) is 0. The van der Waals surface area contributed by atoms with Gasteiger partial charge in [0, 0.05) is 25.4 Å². The molecule has 2 heterocycles. The predicted octanol–water partition coefficient (Wildman–Crippen LogP) is 3.17. The summed E-state index contributed by atoms with van der Waals surface area (Å²) in [5.41, 5.74) is 1.14. The first-order chi connectivity index (χ1) is 11.9. The molecule has 5 nitrogen and oxygen atoms in total. The van der Waals surface area contributed by atoms with Crippen molar-refractivity contribution in [1.82, 2.24) is 0 Å². The third kappa shape index (κ3) is 3.89. The lowest BCUT2D eigenvalue weighted by atomic mass is 9.80. The number of benzene rings is 1. The van der Waals surface area contributed by atoms with Crippen LogP contribution in [0.3, 0.4) is 0 Å². The van der Waals surface area contributed by atoms with Crippen molar-refractivity contribution in [3.63, 3.8) is 0 Å². The monoisotopic (exact) mass is 348 g/mol. The molecule has 0 N–H and O–H groups in total. The van der Waals surface area contributed by atoms with Gasteiger partial charge in [-0.1, -0.05) is 44.2 Å². The van der Waals surface area contributed by atoms with Crippen LogP contribution < -0.4 is 0 Å². The topological polar surface area (TPSA) is 54.0 Å². The number of fused-ring (bicyclic) bond motifs is 1. The second-order valence-electron chi connectivity index (χ2n) is 7.47. The Kier molecular flexibility index (Phi) is 5.46. The minimum atomic E-state index is -0.704. The highest BCUT2D eigenvalue weighted by atomic mass is 16.7. The van der Waals surface area contributed by atoms with Crippen molar-refractivity contribution in [2.75, 3.05) is 13.7 Å². The quantitative estimate of drug-likeness (QED) is 0.739. The smallest absolute Gasteiger partial charge is 0.312 e. The molecule has 2 saturated heterocycles. The van der Waals surface area contributed by atoms with E-state index in [0.717, 1.165) is 5.56 Å². The minimum Gasteiger partial charge on any atom is -0.461 e. The van der Waals surface area contributed by atoms with Gasteiger partial charge >= 0.3 is 5.97 Å². The van der Waals surface area contributed by atoms with E-state index in [-0.39, 0.29) is 35.9 Å². The molecule has 0 radical (unpaired) electrons. The first-order valence-electron chi connectivity index (χ1n) is 8.98. The second-order valence-corrected chi connectivity index (χ2v) is 7.47. The summed E-state index contributed by atoms with van der Waals surface area (Å²) in [6.07, 6.45) is 0.180. The van der Waals surface area contributed by atoms with Gasteiger partial charge in [0.1, 0.15) is 6.10 Å². The van der Waals surface area contributed by atoms with E-state index < -0.39 is 5.79 Å². The number of carbonyl (C=O) groups is 1. The second kappa shape index (κ2) is 7.44. The number of cyclic esters (lactones) is 1. The molecule has 0 amide bonds. The minimum absolute atomic E-state index is 0.0987. The molecule has 0 saturated carbocycles. The maximum atomic E-state index is 12.4. The maximum Gasteiger partial charge on any atom is 0.312 e. The summed E-state index contributed by atoms with van der Waals surface area (Å²) in [7, 11) is 1.62. The fourth-order valence-electron chi connectivity index (χ4n) is 3.94. The maximum absolute atomic E-state index is 12.4. The van der Waals surface area contributed by atoms with Gasteiger partial charge in [0.15, 0.2) is 5.79 Å². The molecule has 1 aromatic rings. The summed E-state index contributed by atoms with van der Waals surface area (Å²) in [5, 5.41) is 0. The van der Waals surface area contributed by atoms with Crippen molar-refractivity contribution in [1.29, 1.82) is 0 Å². The molecule has 1 aromatic carbocycles. The zero-order valence-electron chi connectivity index (χ0n) is 15.4. The molecule has 0 spiro atoms. The van der Waals surface area contributed by atoms with Crippen molar-refractivity contribution in [2.24, 2.45) is 17.8 Å². The third-order valence-electron chi connectivity index (χ3n) is 5.45. The summed E-state index contributed by atoms with van der Waals surface area (Å²) in [6.45, 7) is 7.13. The standard InChI is InChI=1S/C20H28O5/c1-13(11-23-12-15-8-6-5-7-9-15)17-14(2)18-16(19(21)24-17)10-20(3,22-4)25-18/h5-9,13-14,16-18H,10-12H2,1-4H3/t13-,14+,16-,17+,18-,20+/m1/s1. The van der Waals surface area contributed by atoms with E-state index in [9.17, 15) is 4.79 Å². The molecule has 3 rings (SSSR count). The lowest BCUT2D eigenvalue weighted by Crippen LogP contribution is -2.49. The average molecular weight is 348 g/mol. The van der Waals surface area contributed by atoms with E-state index in [0.29, 0.717) is 19.6 Å². The Labute approximate surface area is 149 Å². The number of carbonyl (C=O) groups excluding carboxylic acids is 1. The molecule has 0 bridgehead atoms. The van der Waals surface area contributed by atoms with Crippen LogP contribution in [0.15, 0.2) is 30.3 Å². The summed E-state index contributed by atoms with van der Waals surface area (Å²) < 4.78 is 23.1. The number of ether oxygens (including phenoxy) is 4. The number of rotatable bonds is 6. The average Bonchev–Trinajstić information content (AvgIpc) is 2.98. The Balaban J connectivity index is 1.58. The highest BCUT2D eigenvalue weighted by Gasteiger charge is 2.55. The van der Waals surface area contributed by atoms with Crippen LogP contribution in [0.4, 0.5) is 0 Å². The van der Waals surface area contributed by atoms with E-state index in [2.05, 4.69) is 13.8 Å². The van der Waals surface area contributed by atoms with Gasteiger partial charge in [-0.3, -0.25) is 4.79 Å². The van der Waals surface area contributed by atoms with Gasteiger partial charge in [0.2, 0.25) is 0 Å². The number of methoxy groups -OCH3 is 1. The van der Waals surface area contributed by atoms with Gasteiger partial charge in [-0.2, -0.15) is 0 Å². The van der Waals surface area contributed by atoms with Gasteiger partial charge in [-0.15, -0.1) is 0 Å². The number of esters is 1. The lowest BCUT2D eigenvalue weighted by molar-refractivity contribution is -0.222. The fraction of sp³-hybridized carbons (Fsp3) is 0.650. The third-order valence-corrected chi connectivity index (χ3v) is 5.45. The largest absolute Gasteiger partial charge is 0.461 e. The fourth-order valence-corrected chi connectivity index (χ4v) is 3.94. The van der Waals surface area contributed by atoms with Gasteiger partial charge in [0.25, 0.3) is 0 Å². The Morgan fingerprint density at radius 1 is 1.32 bits per heavy atom. The molecule has 25 heavy (non-hydrogen) atoms. The number of hydrogen-bond acceptors (Lipinski definition) is 5. The zero-order chi connectivity index (χ0) is 18.0. The summed E-state index contributed by atoms with van der Waals surface area (Å²) in [4.78, 5) is 12.4. The summed E-state index contributed by atoms with van der Waals surface area (Å²) in [6, 6.07) is 10.1. The van der Waals surface area contributed by atoms with E-state index >= 15 is 0 Å². The van der Waals surface area contributed by atoms with E-state index in [1.807, 2.05) is 37.3 Å². The molecular formula is C20H28O5. The zero-order valence-corrected chi connectivity index (χ0v) is 15.4. The molecule has 6 atom stereocenters. The first kappa shape index (κ1) is 18.4. The van der Waals surface area contributed by atoms with Crippen LogP contribution in [0.1, 0.15) is 32.8 Å². The Hall–Kier alpha value is -1.43. The van der Waals surface area contributed by atoms with Crippen LogP contribution in [0, 0.1) is 17.8 Å². The molecule has 5 heteroatoms.